The van der Waals surface area contributed by atoms with Gasteiger partial charge >= 0.3 is 0 Å². The summed E-state index contributed by atoms with van der Waals surface area (Å²) in [6.45, 7) is 0.381. The van der Waals surface area contributed by atoms with Gasteiger partial charge in [-0.2, -0.15) is 0 Å². The van der Waals surface area contributed by atoms with Crippen LogP contribution in [0.2, 0.25) is 5.02 Å². The second-order valence-corrected chi connectivity index (χ2v) is 5.15. The highest BCUT2D eigenvalue weighted by Crippen LogP contribution is 2.41. The van der Waals surface area contributed by atoms with Gasteiger partial charge in [0, 0.05) is 12.0 Å². The third kappa shape index (κ3) is 2.18. The monoisotopic (exact) mass is 259 g/mol. The maximum absolute atomic E-state index is 14.1. The van der Waals surface area contributed by atoms with Crippen LogP contribution in [0.1, 0.15) is 37.7 Å². The molecule has 0 aliphatic heterocycles. The predicted molar refractivity (Wildman–Crippen MR) is 65.2 cm³/mol. The lowest BCUT2D eigenvalue weighted by Gasteiger charge is -2.37. The molecule has 4 heteroatoms. The molecule has 0 amide bonds. The molecule has 0 atom stereocenters. The largest absolute Gasteiger partial charge is 0.330 e. The van der Waals surface area contributed by atoms with Crippen molar-refractivity contribution < 1.29 is 8.78 Å². The van der Waals surface area contributed by atoms with Gasteiger partial charge in [0.1, 0.15) is 16.7 Å². The molecule has 1 aromatic rings. The van der Waals surface area contributed by atoms with E-state index in [0.29, 0.717) is 12.1 Å². The van der Waals surface area contributed by atoms with Gasteiger partial charge in [0.05, 0.1) is 0 Å². The molecule has 1 saturated carbocycles. The van der Waals surface area contributed by atoms with Crippen LogP contribution in [-0.4, -0.2) is 6.54 Å². The summed E-state index contributed by atoms with van der Waals surface area (Å²) in [5, 5.41) is -0.416. The van der Waals surface area contributed by atoms with Crippen molar-refractivity contribution in [1.29, 1.82) is 0 Å². The average Bonchev–Trinajstić information content (AvgIpc) is 2.37. The highest BCUT2D eigenvalue weighted by Gasteiger charge is 2.35. The summed E-state index contributed by atoms with van der Waals surface area (Å²) in [5.74, 6) is -1.35. The molecule has 0 heterocycles. The first-order valence-corrected chi connectivity index (χ1v) is 6.32. The summed E-state index contributed by atoms with van der Waals surface area (Å²) < 4.78 is 27.2. The summed E-state index contributed by atoms with van der Waals surface area (Å²) in [4.78, 5) is 0. The first kappa shape index (κ1) is 12.8. The van der Waals surface area contributed by atoms with E-state index in [2.05, 4.69) is 0 Å². The highest BCUT2D eigenvalue weighted by atomic mass is 35.5. The average molecular weight is 260 g/mol. The van der Waals surface area contributed by atoms with Crippen LogP contribution in [0.15, 0.2) is 12.1 Å². The van der Waals surface area contributed by atoms with Crippen LogP contribution in [0.3, 0.4) is 0 Å². The van der Waals surface area contributed by atoms with Crippen molar-refractivity contribution >= 4 is 11.6 Å². The number of hydrogen-bond donors (Lipinski definition) is 1. The molecule has 1 aliphatic carbocycles. The SMILES string of the molecule is NCC1(c2ccc(F)c(Cl)c2F)CCCCC1. The molecule has 1 nitrogen and oxygen atoms in total. The quantitative estimate of drug-likeness (QED) is 0.804. The predicted octanol–water partition coefficient (Wildman–Crippen LogP) is 3.78. The second-order valence-electron chi connectivity index (χ2n) is 4.77. The number of benzene rings is 1. The Morgan fingerprint density at radius 1 is 1.18 bits per heavy atom. The van der Waals surface area contributed by atoms with Gasteiger partial charge in [-0.3, -0.25) is 0 Å². The van der Waals surface area contributed by atoms with Gasteiger partial charge in [0.25, 0.3) is 0 Å². The molecule has 0 saturated heterocycles. The van der Waals surface area contributed by atoms with E-state index in [4.69, 9.17) is 17.3 Å². The van der Waals surface area contributed by atoms with Crippen molar-refractivity contribution in [3.8, 4) is 0 Å². The number of rotatable bonds is 2. The maximum Gasteiger partial charge on any atom is 0.148 e. The minimum atomic E-state index is -0.712. The Balaban J connectivity index is 2.47. The third-order valence-electron chi connectivity index (χ3n) is 3.81. The fraction of sp³-hybridized carbons (Fsp3) is 0.538. The third-order valence-corrected chi connectivity index (χ3v) is 4.15. The van der Waals surface area contributed by atoms with Gasteiger partial charge in [-0.25, -0.2) is 8.78 Å². The number of hydrogen-bond acceptors (Lipinski definition) is 1. The molecule has 2 rings (SSSR count). The van der Waals surface area contributed by atoms with E-state index in [1.54, 1.807) is 0 Å². The van der Waals surface area contributed by atoms with E-state index < -0.39 is 16.7 Å². The summed E-state index contributed by atoms with van der Waals surface area (Å²) in [6.07, 6.45) is 4.92. The Kier molecular flexibility index (Phi) is 3.69. The summed E-state index contributed by atoms with van der Waals surface area (Å²) >= 11 is 5.63. The minimum Gasteiger partial charge on any atom is -0.330 e. The van der Waals surface area contributed by atoms with E-state index in [9.17, 15) is 8.78 Å². The maximum atomic E-state index is 14.1. The topological polar surface area (TPSA) is 26.0 Å². The van der Waals surface area contributed by atoms with Gasteiger partial charge < -0.3 is 5.73 Å². The van der Waals surface area contributed by atoms with Gasteiger partial charge in [-0.1, -0.05) is 36.9 Å². The minimum absolute atomic E-state index is 0.361. The van der Waals surface area contributed by atoms with E-state index in [-0.39, 0.29) is 5.41 Å². The molecule has 94 valence electrons. The van der Waals surface area contributed by atoms with Crippen LogP contribution in [-0.2, 0) is 5.41 Å². The normalized spacial score (nSPS) is 19.3. The van der Waals surface area contributed by atoms with Crippen molar-refractivity contribution in [2.45, 2.75) is 37.5 Å². The standard InChI is InChI=1S/C13H16ClF2N/c14-11-10(15)5-4-9(12(11)16)13(8-17)6-2-1-3-7-13/h4-5H,1-3,6-8,17H2. The van der Waals surface area contributed by atoms with E-state index in [0.717, 1.165) is 32.1 Å². The van der Waals surface area contributed by atoms with Crippen LogP contribution < -0.4 is 5.73 Å². The van der Waals surface area contributed by atoms with Crippen molar-refractivity contribution in [2.75, 3.05) is 6.54 Å². The Morgan fingerprint density at radius 2 is 1.82 bits per heavy atom. The molecule has 0 unspecified atom stereocenters. The first-order chi connectivity index (χ1) is 8.10. The highest BCUT2D eigenvalue weighted by molar-refractivity contribution is 6.31. The molecule has 0 aromatic heterocycles. The lowest BCUT2D eigenvalue weighted by molar-refractivity contribution is 0.291. The second kappa shape index (κ2) is 4.91. The molecule has 0 bridgehead atoms. The van der Waals surface area contributed by atoms with Crippen LogP contribution in [0, 0.1) is 11.6 Å². The van der Waals surface area contributed by atoms with E-state index in [1.165, 1.54) is 12.1 Å². The molecular formula is C13H16ClF2N. The zero-order valence-electron chi connectivity index (χ0n) is 9.61. The summed E-state index contributed by atoms with van der Waals surface area (Å²) in [7, 11) is 0. The van der Waals surface area contributed by atoms with Gasteiger partial charge in [-0.15, -0.1) is 0 Å². The van der Waals surface area contributed by atoms with Crippen LogP contribution in [0.25, 0.3) is 0 Å². The molecule has 1 fully saturated rings. The van der Waals surface area contributed by atoms with Gasteiger partial charge in [0.15, 0.2) is 0 Å². The lowest BCUT2D eigenvalue weighted by Crippen LogP contribution is -2.38. The van der Waals surface area contributed by atoms with Gasteiger partial charge in [0.2, 0.25) is 0 Å². The fourth-order valence-electron chi connectivity index (χ4n) is 2.75. The summed E-state index contributed by atoms with van der Waals surface area (Å²) in [5.41, 5.74) is 5.94. The smallest absolute Gasteiger partial charge is 0.148 e. The van der Waals surface area contributed by atoms with Crippen LogP contribution in [0.5, 0.6) is 0 Å². The fourth-order valence-corrected chi connectivity index (χ4v) is 2.91. The van der Waals surface area contributed by atoms with Crippen molar-refractivity contribution in [1.82, 2.24) is 0 Å². The van der Waals surface area contributed by atoms with Crippen LogP contribution in [0.4, 0.5) is 8.78 Å². The Labute approximate surface area is 105 Å². The Hall–Kier alpha value is -0.670. The Bertz CT molecular complexity index is 414. The van der Waals surface area contributed by atoms with Crippen molar-refractivity contribution in [3.63, 3.8) is 0 Å². The first-order valence-electron chi connectivity index (χ1n) is 5.95. The van der Waals surface area contributed by atoms with E-state index >= 15 is 0 Å². The van der Waals surface area contributed by atoms with Crippen LogP contribution >= 0.6 is 11.6 Å². The number of nitrogens with two attached hydrogens (primary N) is 1. The molecule has 1 aromatic carbocycles. The van der Waals surface area contributed by atoms with Crippen molar-refractivity contribution in [3.05, 3.63) is 34.4 Å². The molecule has 17 heavy (non-hydrogen) atoms. The lowest BCUT2D eigenvalue weighted by atomic mass is 9.69. The Morgan fingerprint density at radius 3 is 2.41 bits per heavy atom. The summed E-state index contributed by atoms with van der Waals surface area (Å²) in [6, 6.07) is 2.72. The molecule has 0 spiro atoms. The van der Waals surface area contributed by atoms with E-state index in [1.807, 2.05) is 0 Å². The zero-order chi connectivity index (χ0) is 12.5. The zero-order valence-corrected chi connectivity index (χ0v) is 10.4. The van der Waals surface area contributed by atoms with Crippen molar-refractivity contribution in [2.24, 2.45) is 5.73 Å². The van der Waals surface area contributed by atoms with Gasteiger partial charge in [-0.05, 0) is 24.5 Å². The molecule has 0 radical (unpaired) electrons. The molecular weight excluding hydrogens is 244 g/mol. The molecule has 2 N–H and O–H groups in total. The molecule has 1 aliphatic rings. The number of halogens is 3.